The van der Waals surface area contributed by atoms with Gasteiger partial charge < -0.3 is 20.3 Å². The maximum absolute atomic E-state index is 12.5. The summed E-state index contributed by atoms with van der Waals surface area (Å²) < 4.78 is 5.51. The van der Waals surface area contributed by atoms with Crippen molar-refractivity contribution >= 4 is 11.9 Å². The first kappa shape index (κ1) is 75.9. The fourth-order valence-electron chi connectivity index (χ4n) is 11.7. The molecule has 0 aromatic carbocycles. The molecule has 2 atom stereocenters. The summed E-state index contributed by atoms with van der Waals surface area (Å²) in [5.74, 6) is -0.00287. The molecule has 0 aliphatic carbocycles. The van der Waals surface area contributed by atoms with Crippen molar-refractivity contribution in [2.75, 3.05) is 13.2 Å². The van der Waals surface area contributed by atoms with Crippen LogP contribution in [0.3, 0.4) is 0 Å². The molecule has 0 saturated heterocycles. The van der Waals surface area contributed by atoms with Crippen LogP contribution in [0.15, 0.2) is 0 Å². The number of ether oxygens (including phenoxy) is 1. The average molecular weight is 1090 g/mol. The van der Waals surface area contributed by atoms with Crippen LogP contribution >= 0.6 is 0 Å². The summed E-state index contributed by atoms with van der Waals surface area (Å²) in [6, 6.07) is -0.537. The van der Waals surface area contributed by atoms with Crippen molar-refractivity contribution in [1.29, 1.82) is 0 Å². The molecule has 1 amide bonds. The van der Waals surface area contributed by atoms with E-state index in [1.165, 1.54) is 347 Å². The largest absolute Gasteiger partial charge is 0.466 e. The second kappa shape index (κ2) is 67.4. The SMILES string of the molecule is CCCCCCCCCCCCCCCCCCC(=O)OCCCCCCCCCCCCCCCCCCCCCCCCCCCCCCCCC(=O)NC(CO)C(O)CCCCCCCCCCCCCCCC. The van der Waals surface area contributed by atoms with Gasteiger partial charge in [0.1, 0.15) is 0 Å². The first-order chi connectivity index (χ1) is 38.0. The average Bonchev–Trinajstić information content (AvgIpc) is 3.43. The molecular formula is C71H141NO5. The Kier molecular flexibility index (Phi) is 66.4. The summed E-state index contributed by atoms with van der Waals surface area (Å²) in [7, 11) is 0. The standard InChI is InChI=1S/C71H141NO5/c1-3-5-7-9-11-13-15-17-19-37-41-45-49-53-57-61-65-71(76)77-66-62-58-54-50-46-42-38-35-33-31-29-27-25-23-21-20-22-24-26-28-30-32-34-36-40-44-48-52-56-60-64-70(75)72-68(67-73)69(74)63-59-55-51-47-43-39-18-16-14-12-10-8-6-4-2/h68-69,73-74H,3-67H2,1-2H3,(H,72,75). The van der Waals surface area contributed by atoms with Crippen LogP contribution in [0.1, 0.15) is 418 Å². The van der Waals surface area contributed by atoms with Gasteiger partial charge in [0.15, 0.2) is 0 Å². The zero-order valence-corrected chi connectivity index (χ0v) is 52.7. The molecule has 0 aromatic rings. The maximum Gasteiger partial charge on any atom is 0.305 e. The van der Waals surface area contributed by atoms with Gasteiger partial charge in [-0.05, 0) is 25.7 Å². The predicted octanol–water partition coefficient (Wildman–Crippen LogP) is 23.0. The van der Waals surface area contributed by atoms with Gasteiger partial charge in [0, 0.05) is 12.8 Å². The third-order valence-corrected chi connectivity index (χ3v) is 17.2. The van der Waals surface area contributed by atoms with Gasteiger partial charge in [0.25, 0.3) is 0 Å². The number of hydrogen-bond donors (Lipinski definition) is 3. The van der Waals surface area contributed by atoms with Gasteiger partial charge in [-0.25, -0.2) is 0 Å². The van der Waals surface area contributed by atoms with E-state index in [2.05, 4.69) is 19.2 Å². The number of carbonyl (C=O) groups is 2. The molecule has 6 heteroatoms. The number of esters is 1. The van der Waals surface area contributed by atoms with Crippen LogP contribution < -0.4 is 5.32 Å². The highest BCUT2D eigenvalue weighted by atomic mass is 16.5. The maximum atomic E-state index is 12.5. The molecule has 6 nitrogen and oxygen atoms in total. The number of unbranched alkanes of at least 4 members (excludes halogenated alkanes) is 57. The Morgan fingerprint density at radius 2 is 0.532 bits per heavy atom. The third kappa shape index (κ3) is 63.9. The van der Waals surface area contributed by atoms with Gasteiger partial charge >= 0.3 is 5.97 Å². The fourth-order valence-corrected chi connectivity index (χ4v) is 11.7. The molecule has 0 aliphatic rings. The second-order valence-corrected chi connectivity index (χ2v) is 24.9. The molecule has 0 radical (unpaired) electrons. The van der Waals surface area contributed by atoms with E-state index >= 15 is 0 Å². The smallest absolute Gasteiger partial charge is 0.305 e. The van der Waals surface area contributed by atoms with Crippen LogP contribution in [0.4, 0.5) is 0 Å². The van der Waals surface area contributed by atoms with Crippen LogP contribution in [0.25, 0.3) is 0 Å². The van der Waals surface area contributed by atoms with Crippen LogP contribution in [-0.2, 0) is 14.3 Å². The second-order valence-electron chi connectivity index (χ2n) is 24.9. The molecule has 0 spiro atoms. The quantitative estimate of drug-likeness (QED) is 0.0417. The van der Waals surface area contributed by atoms with Gasteiger partial charge in [-0.15, -0.1) is 0 Å². The highest BCUT2D eigenvalue weighted by Gasteiger charge is 2.20. The Balaban J connectivity index is 3.30. The number of aliphatic hydroxyl groups excluding tert-OH is 2. The Labute approximate surface area is 483 Å². The first-order valence-corrected chi connectivity index (χ1v) is 35.8. The van der Waals surface area contributed by atoms with Crippen molar-refractivity contribution in [2.45, 2.75) is 431 Å². The molecule has 77 heavy (non-hydrogen) atoms. The van der Waals surface area contributed by atoms with Gasteiger partial charge in [-0.3, -0.25) is 9.59 Å². The Morgan fingerprint density at radius 3 is 0.792 bits per heavy atom. The fraction of sp³-hybridized carbons (Fsp3) is 0.972. The number of hydrogen-bond acceptors (Lipinski definition) is 5. The summed E-state index contributed by atoms with van der Waals surface area (Å²) in [4.78, 5) is 24.6. The van der Waals surface area contributed by atoms with Crippen LogP contribution in [0, 0.1) is 0 Å². The number of amides is 1. The van der Waals surface area contributed by atoms with E-state index in [0.717, 1.165) is 38.5 Å². The minimum Gasteiger partial charge on any atom is -0.466 e. The van der Waals surface area contributed by atoms with Crippen molar-refractivity contribution < 1.29 is 24.5 Å². The number of aliphatic hydroxyl groups is 2. The molecule has 0 bridgehead atoms. The van der Waals surface area contributed by atoms with E-state index < -0.39 is 12.1 Å². The monoisotopic (exact) mass is 1090 g/mol. The topological polar surface area (TPSA) is 95.9 Å². The van der Waals surface area contributed by atoms with Gasteiger partial charge in [0.2, 0.25) is 5.91 Å². The number of rotatable bonds is 68. The van der Waals surface area contributed by atoms with Gasteiger partial charge in [-0.1, -0.05) is 380 Å². The highest BCUT2D eigenvalue weighted by molar-refractivity contribution is 5.76. The third-order valence-electron chi connectivity index (χ3n) is 17.2. The van der Waals surface area contributed by atoms with E-state index in [0.29, 0.717) is 25.9 Å². The Hall–Kier alpha value is -1.14. The zero-order valence-electron chi connectivity index (χ0n) is 52.7. The summed E-state index contributed by atoms with van der Waals surface area (Å²) >= 11 is 0. The van der Waals surface area contributed by atoms with Crippen LogP contribution in [-0.4, -0.2) is 47.4 Å². The van der Waals surface area contributed by atoms with Crippen molar-refractivity contribution in [1.82, 2.24) is 5.32 Å². The van der Waals surface area contributed by atoms with Gasteiger partial charge in [-0.2, -0.15) is 0 Å². The molecular weight excluding hydrogens is 947 g/mol. The van der Waals surface area contributed by atoms with E-state index in [-0.39, 0.29) is 18.5 Å². The highest BCUT2D eigenvalue weighted by Crippen LogP contribution is 2.20. The lowest BCUT2D eigenvalue weighted by molar-refractivity contribution is -0.143. The van der Waals surface area contributed by atoms with Crippen LogP contribution in [0.2, 0.25) is 0 Å². The number of nitrogens with one attached hydrogen (secondary N) is 1. The minimum absolute atomic E-state index is 0.0248. The molecule has 0 aliphatic heterocycles. The lowest BCUT2D eigenvalue weighted by atomic mass is 10.0. The van der Waals surface area contributed by atoms with Crippen molar-refractivity contribution in [3.05, 3.63) is 0 Å². The molecule has 460 valence electrons. The van der Waals surface area contributed by atoms with E-state index in [9.17, 15) is 19.8 Å². The summed E-state index contributed by atoms with van der Waals surface area (Å²) in [5, 5.41) is 23.3. The zero-order chi connectivity index (χ0) is 55.7. The summed E-state index contributed by atoms with van der Waals surface area (Å²) in [6.45, 7) is 5.00. The molecule has 0 saturated carbocycles. The van der Waals surface area contributed by atoms with Crippen molar-refractivity contribution in [3.8, 4) is 0 Å². The van der Waals surface area contributed by atoms with Crippen molar-refractivity contribution in [3.63, 3.8) is 0 Å². The van der Waals surface area contributed by atoms with Crippen molar-refractivity contribution in [2.24, 2.45) is 0 Å². The molecule has 0 fully saturated rings. The Bertz CT molecular complexity index is 1120. The van der Waals surface area contributed by atoms with Gasteiger partial charge in [0.05, 0.1) is 25.4 Å². The summed E-state index contributed by atoms with van der Waals surface area (Å²) in [5.41, 5.74) is 0. The predicted molar refractivity (Wildman–Crippen MR) is 338 cm³/mol. The molecule has 3 N–H and O–H groups in total. The molecule has 2 unspecified atom stereocenters. The molecule has 0 aromatic heterocycles. The summed E-state index contributed by atoms with van der Waals surface area (Å²) in [6.07, 6.45) is 81.6. The molecule has 0 heterocycles. The normalized spacial score (nSPS) is 12.4. The van der Waals surface area contributed by atoms with Crippen LogP contribution in [0.5, 0.6) is 0 Å². The van der Waals surface area contributed by atoms with E-state index in [1.807, 2.05) is 0 Å². The molecule has 0 rings (SSSR count). The number of carbonyl (C=O) groups excluding carboxylic acids is 2. The first-order valence-electron chi connectivity index (χ1n) is 35.8. The van der Waals surface area contributed by atoms with E-state index in [1.54, 1.807) is 0 Å². The van der Waals surface area contributed by atoms with E-state index in [4.69, 9.17) is 4.74 Å². The minimum atomic E-state index is -0.660. The Morgan fingerprint density at radius 1 is 0.312 bits per heavy atom. The lowest BCUT2D eigenvalue weighted by Crippen LogP contribution is -2.45. The lowest BCUT2D eigenvalue weighted by Gasteiger charge is -2.22.